The lowest BCUT2D eigenvalue weighted by Gasteiger charge is -2.15. The highest BCUT2D eigenvalue weighted by Gasteiger charge is 2.09. The van der Waals surface area contributed by atoms with Crippen LogP contribution in [-0.2, 0) is 14.4 Å². The SMILES string of the molecule is CCC(CC)NCC(=O)Nc1cc(C)ccc1OC.O=C(O)C(=O)O. The lowest BCUT2D eigenvalue weighted by molar-refractivity contribution is -0.159. The largest absolute Gasteiger partial charge is 0.495 e. The summed E-state index contributed by atoms with van der Waals surface area (Å²) in [5.74, 6) is -3.01. The Bertz CT molecular complexity index is 573. The van der Waals surface area contributed by atoms with Crippen LogP contribution in [0.1, 0.15) is 32.3 Å². The summed E-state index contributed by atoms with van der Waals surface area (Å²) >= 11 is 0. The smallest absolute Gasteiger partial charge is 0.414 e. The van der Waals surface area contributed by atoms with E-state index in [4.69, 9.17) is 24.5 Å². The molecule has 8 nitrogen and oxygen atoms in total. The van der Waals surface area contributed by atoms with Crippen LogP contribution in [-0.4, -0.2) is 47.8 Å². The lowest BCUT2D eigenvalue weighted by Crippen LogP contribution is -2.35. The minimum atomic E-state index is -1.82. The maximum atomic E-state index is 11.9. The van der Waals surface area contributed by atoms with Gasteiger partial charge in [0.2, 0.25) is 5.91 Å². The summed E-state index contributed by atoms with van der Waals surface area (Å²) in [5, 5.41) is 20.9. The second kappa shape index (κ2) is 11.9. The van der Waals surface area contributed by atoms with Gasteiger partial charge in [0.1, 0.15) is 5.75 Å². The molecule has 8 heteroatoms. The molecule has 0 heterocycles. The molecule has 0 bridgehead atoms. The molecule has 1 rings (SSSR count). The van der Waals surface area contributed by atoms with E-state index in [-0.39, 0.29) is 5.91 Å². The molecule has 0 spiro atoms. The number of nitrogens with one attached hydrogen (secondary N) is 2. The van der Waals surface area contributed by atoms with Gasteiger partial charge in [-0.05, 0) is 37.5 Å². The highest BCUT2D eigenvalue weighted by Crippen LogP contribution is 2.24. The quantitative estimate of drug-likeness (QED) is 0.551. The standard InChI is InChI=1S/C15H24N2O2.C2H2O4/c1-5-12(6-2)16-10-15(18)17-13-9-11(3)7-8-14(13)19-4;3-1(4)2(5)6/h7-9,12,16H,5-6,10H2,1-4H3,(H,17,18);(H,3,4)(H,5,6). The van der Waals surface area contributed by atoms with Crippen LogP contribution >= 0.6 is 0 Å². The number of carbonyl (C=O) groups excluding carboxylic acids is 1. The van der Waals surface area contributed by atoms with E-state index in [9.17, 15) is 4.79 Å². The number of methoxy groups -OCH3 is 1. The minimum absolute atomic E-state index is 0.0456. The van der Waals surface area contributed by atoms with Crippen molar-refractivity contribution >= 4 is 23.5 Å². The molecule has 0 aliphatic heterocycles. The van der Waals surface area contributed by atoms with E-state index in [1.807, 2.05) is 25.1 Å². The molecule has 1 amide bonds. The van der Waals surface area contributed by atoms with Gasteiger partial charge >= 0.3 is 11.9 Å². The summed E-state index contributed by atoms with van der Waals surface area (Å²) < 4.78 is 5.23. The van der Waals surface area contributed by atoms with Gasteiger partial charge in [0.25, 0.3) is 0 Å². The average Bonchev–Trinajstić information content (AvgIpc) is 2.56. The first-order valence-corrected chi connectivity index (χ1v) is 7.89. The maximum absolute atomic E-state index is 11.9. The molecule has 0 saturated heterocycles. The Balaban J connectivity index is 0.000000823. The summed E-state index contributed by atoms with van der Waals surface area (Å²) in [7, 11) is 1.60. The number of rotatable bonds is 7. The molecule has 0 aromatic heterocycles. The van der Waals surface area contributed by atoms with Crippen LogP contribution < -0.4 is 15.4 Å². The molecule has 140 valence electrons. The summed E-state index contributed by atoms with van der Waals surface area (Å²) in [4.78, 5) is 30.1. The Labute approximate surface area is 147 Å². The van der Waals surface area contributed by atoms with E-state index in [0.717, 1.165) is 24.1 Å². The van der Waals surface area contributed by atoms with Crippen LogP contribution in [0.5, 0.6) is 5.75 Å². The van der Waals surface area contributed by atoms with E-state index in [0.29, 0.717) is 18.3 Å². The van der Waals surface area contributed by atoms with Crippen molar-refractivity contribution in [1.29, 1.82) is 0 Å². The van der Waals surface area contributed by atoms with Gasteiger partial charge in [-0.1, -0.05) is 19.9 Å². The predicted molar refractivity (Wildman–Crippen MR) is 94.0 cm³/mol. The van der Waals surface area contributed by atoms with Crippen molar-refractivity contribution in [2.75, 3.05) is 19.0 Å². The first-order chi connectivity index (χ1) is 11.7. The zero-order chi connectivity index (χ0) is 19.4. The van der Waals surface area contributed by atoms with Crippen molar-refractivity contribution in [1.82, 2.24) is 5.32 Å². The molecule has 0 unspecified atom stereocenters. The van der Waals surface area contributed by atoms with E-state index in [1.54, 1.807) is 7.11 Å². The van der Waals surface area contributed by atoms with Crippen molar-refractivity contribution in [3.8, 4) is 5.75 Å². The van der Waals surface area contributed by atoms with Crippen LogP contribution in [0.15, 0.2) is 18.2 Å². The van der Waals surface area contributed by atoms with Gasteiger partial charge in [-0.25, -0.2) is 9.59 Å². The average molecular weight is 354 g/mol. The molecular formula is C17H26N2O6. The fourth-order valence-electron chi connectivity index (χ4n) is 1.93. The number of amides is 1. The normalized spacial score (nSPS) is 9.80. The number of benzene rings is 1. The Morgan fingerprint density at radius 2 is 1.68 bits per heavy atom. The van der Waals surface area contributed by atoms with Gasteiger partial charge in [0.15, 0.2) is 0 Å². The zero-order valence-corrected chi connectivity index (χ0v) is 15.0. The van der Waals surface area contributed by atoms with Crippen LogP contribution in [0, 0.1) is 6.92 Å². The number of carboxylic acid groups (broad SMARTS) is 2. The first-order valence-electron chi connectivity index (χ1n) is 7.89. The van der Waals surface area contributed by atoms with Crippen molar-refractivity contribution in [2.45, 2.75) is 39.7 Å². The number of hydrogen-bond acceptors (Lipinski definition) is 5. The number of anilines is 1. The Morgan fingerprint density at radius 1 is 1.12 bits per heavy atom. The molecular weight excluding hydrogens is 328 g/mol. The van der Waals surface area contributed by atoms with Crippen LogP contribution in [0.2, 0.25) is 0 Å². The summed E-state index contributed by atoms with van der Waals surface area (Å²) in [5.41, 5.74) is 1.81. The Morgan fingerprint density at radius 3 is 2.12 bits per heavy atom. The number of hydrogen-bond donors (Lipinski definition) is 4. The van der Waals surface area contributed by atoms with Crippen molar-refractivity contribution in [3.05, 3.63) is 23.8 Å². The van der Waals surface area contributed by atoms with Gasteiger partial charge in [0, 0.05) is 6.04 Å². The van der Waals surface area contributed by atoms with Crippen LogP contribution in [0.3, 0.4) is 0 Å². The van der Waals surface area contributed by atoms with Gasteiger partial charge < -0.3 is 25.6 Å². The lowest BCUT2D eigenvalue weighted by atomic mass is 10.2. The monoisotopic (exact) mass is 354 g/mol. The third-order valence-corrected chi connectivity index (χ3v) is 3.35. The fraction of sp³-hybridized carbons (Fsp3) is 0.471. The van der Waals surface area contributed by atoms with Crippen molar-refractivity contribution in [2.24, 2.45) is 0 Å². The van der Waals surface area contributed by atoms with Crippen molar-refractivity contribution in [3.63, 3.8) is 0 Å². The summed E-state index contributed by atoms with van der Waals surface area (Å²) in [6.45, 7) is 6.53. The molecule has 1 aromatic rings. The van der Waals surface area contributed by atoms with Gasteiger partial charge in [-0.2, -0.15) is 0 Å². The second-order valence-corrected chi connectivity index (χ2v) is 5.26. The van der Waals surface area contributed by atoms with Crippen LogP contribution in [0.25, 0.3) is 0 Å². The Hall–Kier alpha value is -2.61. The number of ether oxygens (including phenoxy) is 1. The van der Waals surface area contributed by atoms with Crippen LogP contribution in [0.4, 0.5) is 5.69 Å². The maximum Gasteiger partial charge on any atom is 0.414 e. The summed E-state index contributed by atoms with van der Waals surface area (Å²) in [6.07, 6.45) is 2.05. The third-order valence-electron chi connectivity index (χ3n) is 3.35. The van der Waals surface area contributed by atoms with Gasteiger partial charge in [-0.3, -0.25) is 4.79 Å². The molecule has 4 N–H and O–H groups in total. The Kier molecular flexibility index (Phi) is 10.6. The topological polar surface area (TPSA) is 125 Å². The molecule has 25 heavy (non-hydrogen) atoms. The van der Waals surface area contributed by atoms with E-state index < -0.39 is 11.9 Å². The molecule has 0 fully saturated rings. The number of aryl methyl sites for hydroxylation is 1. The minimum Gasteiger partial charge on any atom is -0.495 e. The molecule has 0 atom stereocenters. The number of carbonyl (C=O) groups is 3. The zero-order valence-electron chi connectivity index (χ0n) is 15.0. The van der Waals surface area contributed by atoms with E-state index >= 15 is 0 Å². The van der Waals surface area contributed by atoms with E-state index in [2.05, 4.69) is 24.5 Å². The molecule has 0 saturated carbocycles. The molecule has 0 aliphatic rings. The molecule has 0 radical (unpaired) electrons. The van der Waals surface area contributed by atoms with Crippen molar-refractivity contribution < 1.29 is 29.3 Å². The second-order valence-electron chi connectivity index (χ2n) is 5.26. The van der Waals surface area contributed by atoms with E-state index in [1.165, 1.54) is 0 Å². The summed E-state index contributed by atoms with van der Waals surface area (Å²) in [6, 6.07) is 6.12. The molecule has 1 aromatic carbocycles. The molecule has 0 aliphatic carbocycles. The first kappa shape index (κ1) is 22.4. The van der Waals surface area contributed by atoms with Gasteiger partial charge in [0.05, 0.1) is 19.3 Å². The number of aliphatic carboxylic acids is 2. The highest BCUT2D eigenvalue weighted by molar-refractivity contribution is 6.27. The third kappa shape index (κ3) is 9.31. The predicted octanol–water partition coefficient (Wildman–Crippen LogP) is 1.88. The fourth-order valence-corrected chi connectivity index (χ4v) is 1.93. The number of carboxylic acids is 2. The highest BCUT2D eigenvalue weighted by atomic mass is 16.5. The van der Waals surface area contributed by atoms with Gasteiger partial charge in [-0.15, -0.1) is 0 Å².